The summed E-state index contributed by atoms with van der Waals surface area (Å²) in [5.74, 6) is -0.481. The molecule has 3 rings (SSSR count). The van der Waals surface area contributed by atoms with Crippen LogP contribution in [0.4, 0.5) is 14.9 Å². The minimum absolute atomic E-state index is 0.0287. The first kappa shape index (κ1) is 11.7. The maximum atomic E-state index is 14.0. The first-order valence-corrected chi connectivity index (χ1v) is 8.13. The highest BCUT2D eigenvalue weighted by Gasteiger charge is 2.23. The number of nitrogens with one attached hydrogen (secondary N) is 1. The van der Waals surface area contributed by atoms with Crippen LogP contribution in [0.2, 0.25) is 0 Å². The van der Waals surface area contributed by atoms with Crippen LogP contribution >= 0.6 is 0 Å². The van der Waals surface area contributed by atoms with Gasteiger partial charge in [0.05, 0.1) is 29.1 Å². The highest BCUT2D eigenvalue weighted by Crippen LogP contribution is 2.21. The Morgan fingerprint density at radius 1 is 1.35 bits per heavy atom. The third-order valence-electron chi connectivity index (χ3n) is 4.24. The van der Waals surface area contributed by atoms with Crippen LogP contribution in [-0.2, 0) is 0 Å². The van der Waals surface area contributed by atoms with Crippen LogP contribution in [0.3, 0.4) is 0 Å². The number of hydrogen-bond acceptors (Lipinski definition) is 4. The Morgan fingerprint density at radius 3 is 2.92 bits per heavy atom. The van der Waals surface area contributed by atoms with Gasteiger partial charge in [0, 0.05) is 36.5 Å². The third-order valence-corrected chi connectivity index (χ3v) is 4.24. The normalized spacial score (nSPS) is 19.9. The Hall–Kier alpha value is -2.83. The van der Waals surface area contributed by atoms with Gasteiger partial charge in [0.25, 0.3) is 0 Å². The number of benzene rings is 1. The number of carbonyl (C=O) groups excluding carboxylic acids is 1. The van der Waals surface area contributed by atoms with Crippen LogP contribution in [-0.4, -0.2) is 49.1 Å². The molecule has 0 saturated carbocycles. The lowest BCUT2D eigenvalue weighted by molar-refractivity contribution is 0.191. The number of hydrogen-bond donors (Lipinski definition) is 1. The molecular formula is C19H23FN4O2. The zero-order chi connectivity index (χ0) is 23.5. The monoisotopic (exact) mass is 364 g/mol. The van der Waals surface area contributed by atoms with Crippen LogP contribution in [0, 0.1) is 5.82 Å². The van der Waals surface area contributed by atoms with E-state index in [1.54, 1.807) is 11.0 Å². The molecule has 2 aromatic rings. The Balaban J connectivity index is 1.69. The SMILES string of the molecule is [2H]C([2H])([2H])Oc1cccc([C@H](NC(=O)N2CCN(c3ccncc3F)CC2)C([2H])([2H])[2H])c1. The molecule has 1 aromatic carbocycles. The summed E-state index contributed by atoms with van der Waals surface area (Å²) in [6, 6.07) is 5.23. The van der Waals surface area contributed by atoms with Gasteiger partial charge >= 0.3 is 6.03 Å². The smallest absolute Gasteiger partial charge is 0.317 e. The van der Waals surface area contributed by atoms with E-state index in [0.29, 0.717) is 18.8 Å². The lowest BCUT2D eigenvalue weighted by atomic mass is 10.1. The van der Waals surface area contributed by atoms with Crippen molar-refractivity contribution < 1.29 is 22.1 Å². The molecule has 2 heterocycles. The number of urea groups is 1. The van der Waals surface area contributed by atoms with E-state index < -0.39 is 31.8 Å². The molecule has 1 saturated heterocycles. The number of carbonyl (C=O) groups is 1. The largest absolute Gasteiger partial charge is 0.497 e. The fourth-order valence-corrected chi connectivity index (χ4v) is 2.83. The molecule has 26 heavy (non-hydrogen) atoms. The van der Waals surface area contributed by atoms with Crippen molar-refractivity contribution in [2.45, 2.75) is 12.9 Å². The van der Waals surface area contributed by atoms with Gasteiger partial charge in [-0.3, -0.25) is 4.98 Å². The predicted octanol–water partition coefficient (Wildman–Crippen LogP) is 2.82. The van der Waals surface area contributed by atoms with E-state index in [2.05, 4.69) is 10.3 Å². The minimum Gasteiger partial charge on any atom is -0.497 e. The van der Waals surface area contributed by atoms with Crippen molar-refractivity contribution in [1.29, 1.82) is 0 Å². The molecule has 0 bridgehead atoms. The molecule has 1 aliphatic heterocycles. The predicted molar refractivity (Wildman–Crippen MR) is 97.9 cm³/mol. The van der Waals surface area contributed by atoms with Crippen molar-refractivity contribution in [3.8, 4) is 5.75 Å². The molecule has 1 aliphatic rings. The second-order valence-corrected chi connectivity index (χ2v) is 5.86. The van der Waals surface area contributed by atoms with Crippen molar-refractivity contribution in [3.05, 3.63) is 54.1 Å². The molecule has 0 aliphatic carbocycles. The van der Waals surface area contributed by atoms with Crippen LogP contribution in [0.1, 0.15) is 26.7 Å². The maximum absolute atomic E-state index is 14.0. The van der Waals surface area contributed by atoms with E-state index in [0.717, 1.165) is 6.20 Å². The molecule has 138 valence electrons. The number of piperazine rings is 1. The van der Waals surface area contributed by atoms with Gasteiger partial charge in [-0.25, -0.2) is 9.18 Å². The van der Waals surface area contributed by atoms with Crippen LogP contribution < -0.4 is 15.0 Å². The van der Waals surface area contributed by atoms with Crippen molar-refractivity contribution in [2.24, 2.45) is 0 Å². The second kappa shape index (κ2) is 8.03. The number of halogens is 1. The molecule has 1 atom stereocenters. The van der Waals surface area contributed by atoms with Crippen LogP contribution in [0.25, 0.3) is 0 Å². The Bertz CT molecular complexity index is 948. The first-order chi connectivity index (χ1) is 14.9. The van der Waals surface area contributed by atoms with Gasteiger partial charge in [0.15, 0.2) is 5.82 Å². The molecular weight excluding hydrogens is 335 g/mol. The molecule has 6 nitrogen and oxygen atoms in total. The number of ether oxygens (including phenoxy) is 1. The number of pyridine rings is 1. The molecule has 7 heteroatoms. The van der Waals surface area contributed by atoms with Crippen molar-refractivity contribution >= 4 is 11.7 Å². The Morgan fingerprint density at radius 2 is 2.19 bits per heavy atom. The quantitative estimate of drug-likeness (QED) is 0.906. The Kier molecular flexibility index (Phi) is 3.62. The summed E-state index contributed by atoms with van der Waals surface area (Å²) in [6.07, 6.45) is 2.61. The summed E-state index contributed by atoms with van der Waals surface area (Å²) < 4.78 is 63.9. The number of nitrogens with zero attached hydrogens (tertiary/aromatic N) is 3. The molecule has 0 radical (unpaired) electrons. The summed E-state index contributed by atoms with van der Waals surface area (Å²) in [5, 5.41) is 2.52. The fourth-order valence-electron chi connectivity index (χ4n) is 2.83. The fraction of sp³-hybridized carbons (Fsp3) is 0.368. The molecule has 1 fully saturated rings. The molecule has 0 spiro atoms. The summed E-state index contributed by atoms with van der Waals surface area (Å²) in [6.45, 7) is -1.31. The number of anilines is 1. The summed E-state index contributed by atoms with van der Waals surface area (Å²) in [5.41, 5.74) is 0.587. The number of methoxy groups -OCH3 is 1. The number of amides is 2. The van der Waals surface area contributed by atoms with Gasteiger partial charge in [0.1, 0.15) is 5.75 Å². The summed E-state index contributed by atoms with van der Waals surface area (Å²) in [4.78, 5) is 19.8. The van der Waals surface area contributed by atoms with E-state index in [4.69, 9.17) is 13.0 Å². The van der Waals surface area contributed by atoms with Gasteiger partial charge in [-0.2, -0.15) is 0 Å². The van der Waals surface area contributed by atoms with Crippen molar-refractivity contribution in [2.75, 3.05) is 38.1 Å². The average Bonchev–Trinajstić information content (AvgIpc) is 2.70. The average molecular weight is 364 g/mol. The molecule has 2 amide bonds. The number of rotatable bonds is 4. The lowest BCUT2D eigenvalue weighted by Crippen LogP contribution is -2.52. The Labute approximate surface area is 161 Å². The lowest BCUT2D eigenvalue weighted by Gasteiger charge is -2.36. The zero-order valence-electron chi connectivity index (χ0n) is 20.0. The van der Waals surface area contributed by atoms with E-state index >= 15 is 0 Å². The van der Waals surface area contributed by atoms with Crippen LogP contribution in [0.5, 0.6) is 5.75 Å². The third kappa shape index (κ3) is 4.04. The van der Waals surface area contributed by atoms with E-state index in [-0.39, 0.29) is 24.4 Å². The maximum Gasteiger partial charge on any atom is 0.317 e. The highest BCUT2D eigenvalue weighted by molar-refractivity contribution is 5.75. The van der Waals surface area contributed by atoms with E-state index in [1.165, 1.54) is 35.4 Å². The standard InChI is InChI=1S/C19H23FN4O2/c1-14(15-4-3-5-16(12-15)26-2)22-19(25)24-10-8-23(9-11-24)18-6-7-21-13-17(18)20/h3-7,12-14H,8-11H2,1-2H3,(H,22,25)/t14-/m1/s1/i1D3,2D3. The van der Waals surface area contributed by atoms with Gasteiger partial charge in [-0.15, -0.1) is 0 Å². The van der Waals surface area contributed by atoms with Crippen molar-refractivity contribution in [1.82, 2.24) is 15.2 Å². The first-order valence-electron chi connectivity index (χ1n) is 11.1. The topological polar surface area (TPSA) is 57.7 Å². The van der Waals surface area contributed by atoms with E-state index in [1.807, 2.05) is 0 Å². The molecule has 0 unspecified atom stereocenters. The molecule has 1 aromatic heterocycles. The number of aromatic nitrogens is 1. The van der Waals surface area contributed by atoms with Gasteiger partial charge < -0.3 is 19.9 Å². The van der Waals surface area contributed by atoms with Crippen LogP contribution in [0.15, 0.2) is 42.7 Å². The van der Waals surface area contributed by atoms with Gasteiger partial charge in [-0.05, 0) is 30.6 Å². The van der Waals surface area contributed by atoms with E-state index in [9.17, 15) is 9.18 Å². The minimum atomic E-state index is -2.69. The molecule has 1 N–H and O–H groups in total. The zero-order valence-corrected chi connectivity index (χ0v) is 14.0. The second-order valence-electron chi connectivity index (χ2n) is 5.86. The van der Waals surface area contributed by atoms with Crippen molar-refractivity contribution in [3.63, 3.8) is 0 Å². The summed E-state index contributed by atoms with van der Waals surface area (Å²) >= 11 is 0. The highest BCUT2D eigenvalue weighted by atomic mass is 19.1. The summed E-state index contributed by atoms with van der Waals surface area (Å²) in [7, 11) is -2.69. The van der Waals surface area contributed by atoms with Gasteiger partial charge in [0.2, 0.25) is 0 Å². The van der Waals surface area contributed by atoms with Gasteiger partial charge in [-0.1, -0.05) is 12.1 Å².